The van der Waals surface area contributed by atoms with Crippen LogP contribution >= 0.6 is 0 Å². The van der Waals surface area contributed by atoms with Crippen LogP contribution in [0.3, 0.4) is 0 Å². The number of ether oxygens (including phenoxy) is 1. The molecular weight excluding hydrogens is 234 g/mol. The molecule has 0 fully saturated rings. The summed E-state index contributed by atoms with van der Waals surface area (Å²) in [6.45, 7) is 3.60. The first kappa shape index (κ1) is 13.8. The van der Waals surface area contributed by atoms with Gasteiger partial charge in [-0.25, -0.2) is 0 Å². The van der Waals surface area contributed by atoms with Crippen LogP contribution < -0.4 is 15.8 Å². The number of anilines is 1. The Morgan fingerprint density at radius 2 is 2.17 bits per heavy atom. The Labute approximate surface area is 105 Å². The third kappa shape index (κ3) is 3.13. The number of amidine groups is 1. The highest BCUT2D eigenvalue weighted by molar-refractivity contribution is 5.99. The van der Waals surface area contributed by atoms with Crippen LogP contribution in [0.1, 0.15) is 19.4 Å². The van der Waals surface area contributed by atoms with Gasteiger partial charge in [0.05, 0.1) is 12.8 Å². The minimum atomic E-state index is -0.126. The lowest BCUT2D eigenvalue weighted by atomic mass is 10.1. The lowest BCUT2D eigenvalue weighted by molar-refractivity contribution is -0.118. The van der Waals surface area contributed by atoms with Crippen molar-refractivity contribution in [2.45, 2.75) is 13.8 Å². The molecule has 0 aliphatic rings. The average Bonchev–Trinajstić information content (AvgIpc) is 2.37. The number of carbonyl (C=O) groups excluding carboxylic acids is 1. The SMILES string of the molecule is COc1cc(/C(N)=N/O)ccc1NC(=O)C(C)C. The summed E-state index contributed by atoms with van der Waals surface area (Å²) in [5.74, 6) is 0.200. The first-order chi connectivity index (χ1) is 8.49. The number of benzene rings is 1. The second-order valence-corrected chi connectivity index (χ2v) is 4.04. The van der Waals surface area contributed by atoms with Gasteiger partial charge in [-0.05, 0) is 18.2 Å². The number of hydrogen-bond donors (Lipinski definition) is 3. The largest absolute Gasteiger partial charge is 0.495 e. The molecule has 0 aliphatic heterocycles. The molecule has 6 nitrogen and oxygen atoms in total. The molecule has 4 N–H and O–H groups in total. The fraction of sp³-hybridized carbons (Fsp3) is 0.333. The Balaban J connectivity index is 3.04. The molecule has 0 aromatic heterocycles. The van der Waals surface area contributed by atoms with E-state index in [0.717, 1.165) is 0 Å². The van der Waals surface area contributed by atoms with Crippen LogP contribution in [-0.2, 0) is 4.79 Å². The molecule has 0 unspecified atom stereocenters. The van der Waals surface area contributed by atoms with E-state index < -0.39 is 0 Å². The molecular formula is C12H17N3O3. The third-order valence-corrected chi connectivity index (χ3v) is 2.39. The lowest BCUT2D eigenvalue weighted by Crippen LogP contribution is -2.19. The van der Waals surface area contributed by atoms with Crippen LogP contribution in [0.4, 0.5) is 5.69 Å². The molecule has 6 heteroatoms. The monoisotopic (exact) mass is 251 g/mol. The van der Waals surface area contributed by atoms with Crippen molar-refractivity contribution in [2.24, 2.45) is 16.8 Å². The van der Waals surface area contributed by atoms with Gasteiger partial charge < -0.3 is 21.0 Å². The van der Waals surface area contributed by atoms with Crippen molar-refractivity contribution < 1.29 is 14.7 Å². The van der Waals surface area contributed by atoms with E-state index in [9.17, 15) is 4.79 Å². The van der Waals surface area contributed by atoms with Crippen molar-refractivity contribution in [1.29, 1.82) is 0 Å². The van der Waals surface area contributed by atoms with E-state index in [4.69, 9.17) is 15.7 Å². The Hall–Kier alpha value is -2.24. The Morgan fingerprint density at radius 1 is 1.50 bits per heavy atom. The zero-order valence-electron chi connectivity index (χ0n) is 10.6. The number of rotatable bonds is 4. The first-order valence-corrected chi connectivity index (χ1v) is 5.46. The minimum absolute atomic E-state index is 0.0185. The fourth-order valence-corrected chi connectivity index (χ4v) is 1.29. The summed E-state index contributed by atoms with van der Waals surface area (Å²) in [6.07, 6.45) is 0. The van der Waals surface area contributed by atoms with Gasteiger partial charge in [0.25, 0.3) is 0 Å². The maximum atomic E-state index is 11.6. The minimum Gasteiger partial charge on any atom is -0.495 e. The van der Waals surface area contributed by atoms with E-state index in [-0.39, 0.29) is 17.7 Å². The number of carbonyl (C=O) groups is 1. The summed E-state index contributed by atoms with van der Waals surface area (Å²) in [5.41, 5.74) is 6.53. The van der Waals surface area contributed by atoms with E-state index >= 15 is 0 Å². The summed E-state index contributed by atoms with van der Waals surface area (Å²) in [6, 6.07) is 4.87. The molecule has 1 rings (SSSR count). The summed E-state index contributed by atoms with van der Waals surface area (Å²) < 4.78 is 5.15. The molecule has 0 saturated carbocycles. The second-order valence-electron chi connectivity index (χ2n) is 4.04. The molecule has 98 valence electrons. The maximum absolute atomic E-state index is 11.6. The fourth-order valence-electron chi connectivity index (χ4n) is 1.29. The third-order valence-electron chi connectivity index (χ3n) is 2.39. The number of nitrogens with two attached hydrogens (primary N) is 1. The summed E-state index contributed by atoms with van der Waals surface area (Å²) >= 11 is 0. The number of amides is 1. The normalized spacial score (nSPS) is 11.4. The molecule has 1 aromatic carbocycles. The molecule has 0 spiro atoms. The Kier molecular flexibility index (Phi) is 4.53. The highest BCUT2D eigenvalue weighted by Crippen LogP contribution is 2.26. The lowest BCUT2D eigenvalue weighted by Gasteiger charge is -2.12. The van der Waals surface area contributed by atoms with Crippen LogP contribution in [0.15, 0.2) is 23.4 Å². The predicted molar refractivity (Wildman–Crippen MR) is 69.0 cm³/mol. The number of nitrogens with one attached hydrogen (secondary N) is 1. The molecule has 1 amide bonds. The number of nitrogens with zero attached hydrogens (tertiary/aromatic N) is 1. The van der Waals surface area contributed by atoms with Crippen LogP contribution in [0, 0.1) is 5.92 Å². The van der Waals surface area contributed by atoms with Gasteiger partial charge in [-0.1, -0.05) is 19.0 Å². The molecule has 18 heavy (non-hydrogen) atoms. The number of hydrogen-bond acceptors (Lipinski definition) is 4. The van der Waals surface area contributed by atoms with E-state index in [1.165, 1.54) is 7.11 Å². The molecule has 0 bridgehead atoms. The molecule has 0 aliphatic carbocycles. The molecule has 1 aromatic rings. The molecule has 0 radical (unpaired) electrons. The van der Waals surface area contributed by atoms with Gasteiger partial charge in [-0.3, -0.25) is 4.79 Å². The van der Waals surface area contributed by atoms with Crippen molar-refractivity contribution in [1.82, 2.24) is 0 Å². The van der Waals surface area contributed by atoms with Gasteiger partial charge in [-0.15, -0.1) is 0 Å². The zero-order valence-corrected chi connectivity index (χ0v) is 10.6. The van der Waals surface area contributed by atoms with Gasteiger partial charge in [0.15, 0.2) is 5.84 Å². The summed E-state index contributed by atoms with van der Waals surface area (Å²) in [4.78, 5) is 11.6. The maximum Gasteiger partial charge on any atom is 0.227 e. The molecule has 0 heterocycles. The average molecular weight is 251 g/mol. The second kappa shape index (κ2) is 5.90. The van der Waals surface area contributed by atoms with Gasteiger partial charge >= 0.3 is 0 Å². The van der Waals surface area contributed by atoms with Crippen molar-refractivity contribution in [3.8, 4) is 5.75 Å². The van der Waals surface area contributed by atoms with Crippen LogP contribution in [0.2, 0.25) is 0 Å². The topological polar surface area (TPSA) is 96.9 Å². The standard InChI is InChI=1S/C12H17N3O3/c1-7(2)12(16)14-9-5-4-8(11(13)15-17)6-10(9)18-3/h4-7,17H,1-3H3,(H2,13,15)(H,14,16). The van der Waals surface area contributed by atoms with Gasteiger partial charge in [-0.2, -0.15) is 0 Å². The highest BCUT2D eigenvalue weighted by Gasteiger charge is 2.12. The highest BCUT2D eigenvalue weighted by atomic mass is 16.5. The quantitative estimate of drug-likeness (QED) is 0.326. The smallest absolute Gasteiger partial charge is 0.227 e. The molecule has 0 saturated heterocycles. The van der Waals surface area contributed by atoms with Crippen molar-refractivity contribution in [3.63, 3.8) is 0 Å². The van der Waals surface area contributed by atoms with Crippen molar-refractivity contribution in [2.75, 3.05) is 12.4 Å². The summed E-state index contributed by atoms with van der Waals surface area (Å²) in [7, 11) is 1.48. The van der Waals surface area contributed by atoms with Crippen LogP contribution in [-0.4, -0.2) is 24.1 Å². The van der Waals surface area contributed by atoms with Crippen molar-refractivity contribution >= 4 is 17.4 Å². The summed E-state index contributed by atoms with van der Waals surface area (Å²) in [5, 5.41) is 14.2. The van der Waals surface area contributed by atoms with E-state index in [2.05, 4.69) is 10.5 Å². The first-order valence-electron chi connectivity index (χ1n) is 5.46. The van der Waals surface area contributed by atoms with Gasteiger partial charge in [0.2, 0.25) is 5.91 Å². The van der Waals surface area contributed by atoms with E-state index in [1.54, 1.807) is 32.0 Å². The Morgan fingerprint density at radius 3 is 2.67 bits per heavy atom. The van der Waals surface area contributed by atoms with E-state index in [1.807, 2.05) is 0 Å². The van der Waals surface area contributed by atoms with Gasteiger partial charge in [0.1, 0.15) is 5.75 Å². The predicted octanol–water partition coefficient (Wildman–Crippen LogP) is 1.38. The Bertz CT molecular complexity index is 470. The zero-order chi connectivity index (χ0) is 13.7. The molecule has 0 atom stereocenters. The van der Waals surface area contributed by atoms with E-state index in [0.29, 0.717) is 17.0 Å². The van der Waals surface area contributed by atoms with Crippen molar-refractivity contribution in [3.05, 3.63) is 23.8 Å². The number of oxime groups is 1. The van der Waals surface area contributed by atoms with Crippen LogP contribution in [0.5, 0.6) is 5.75 Å². The van der Waals surface area contributed by atoms with Gasteiger partial charge in [0, 0.05) is 11.5 Å². The van der Waals surface area contributed by atoms with Crippen LogP contribution in [0.25, 0.3) is 0 Å². The number of methoxy groups -OCH3 is 1.